The molecular weight excluding hydrogens is 405 g/mol. The molecule has 4 nitrogen and oxygen atoms in total. The number of benzene rings is 2. The number of rotatable bonds is 4. The molecule has 0 amide bonds. The molecular formula is C18H18INO3. The van der Waals surface area contributed by atoms with Gasteiger partial charge in [0.05, 0.1) is 12.5 Å². The maximum absolute atomic E-state index is 11.3. The van der Waals surface area contributed by atoms with Crippen LogP contribution in [0.15, 0.2) is 42.5 Å². The number of carbonyl (C=O) groups excluding carboxylic acids is 1. The predicted molar refractivity (Wildman–Crippen MR) is 97.3 cm³/mol. The molecule has 0 aliphatic carbocycles. The van der Waals surface area contributed by atoms with Gasteiger partial charge in [0.25, 0.3) is 0 Å². The van der Waals surface area contributed by atoms with Crippen LogP contribution in [0.3, 0.4) is 0 Å². The third-order valence-electron chi connectivity index (χ3n) is 3.75. The van der Waals surface area contributed by atoms with E-state index in [4.69, 9.17) is 15.2 Å². The lowest BCUT2D eigenvalue weighted by Crippen LogP contribution is -2.30. The Kier molecular flexibility index (Phi) is 4.33. The molecule has 0 fully saturated rings. The standard InChI is InChI=1S/C18H18INO3/c1-18(2,10-16(19)21)23-11-7-8-13-15(9-11)22-14-6-4-3-5-12(14)17(13)20/h3-9,17H,10,20H2,1-2H3. The Bertz CT molecular complexity index is 758. The first-order valence-electron chi connectivity index (χ1n) is 7.39. The second-order valence-electron chi connectivity index (χ2n) is 6.21. The maximum Gasteiger partial charge on any atom is 0.196 e. The molecule has 2 aromatic rings. The molecule has 0 saturated heterocycles. The Morgan fingerprint density at radius 3 is 2.65 bits per heavy atom. The van der Waals surface area contributed by atoms with E-state index in [-0.39, 0.29) is 9.83 Å². The maximum atomic E-state index is 11.3. The van der Waals surface area contributed by atoms with Crippen molar-refractivity contribution in [2.24, 2.45) is 5.73 Å². The molecule has 1 atom stereocenters. The lowest BCUT2D eigenvalue weighted by molar-refractivity contribution is -0.112. The summed E-state index contributed by atoms with van der Waals surface area (Å²) in [6.45, 7) is 3.79. The highest BCUT2D eigenvalue weighted by atomic mass is 127. The molecule has 23 heavy (non-hydrogen) atoms. The number of ether oxygens (including phenoxy) is 2. The second-order valence-corrected chi connectivity index (χ2v) is 7.41. The third kappa shape index (κ3) is 3.50. The molecule has 0 saturated carbocycles. The Morgan fingerprint density at radius 1 is 1.22 bits per heavy atom. The van der Waals surface area contributed by atoms with Crippen LogP contribution < -0.4 is 15.2 Å². The van der Waals surface area contributed by atoms with E-state index < -0.39 is 5.60 Å². The normalized spacial score (nSPS) is 16.1. The molecule has 120 valence electrons. The molecule has 2 aromatic carbocycles. The van der Waals surface area contributed by atoms with Crippen LogP contribution in [0.4, 0.5) is 0 Å². The van der Waals surface area contributed by atoms with Gasteiger partial charge in [-0.25, -0.2) is 0 Å². The molecule has 1 aliphatic rings. The largest absolute Gasteiger partial charge is 0.487 e. The van der Waals surface area contributed by atoms with E-state index in [9.17, 15) is 4.79 Å². The zero-order valence-electron chi connectivity index (χ0n) is 13.0. The molecule has 1 aliphatic heterocycles. The second kappa shape index (κ2) is 6.13. The summed E-state index contributed by atoms with van der Waals surface area (Å²) in [5, 5.41) is 0. The van der Waals surface area contributed by atoms with Crippen molar-refractivity contribution in [1.82, 2.24) is 0 Å². The topological polar surface area (TPSA) is 61.5 Å². The van der Waals surface area contributed by atoms with Gasteiger partial charge in [-0.15, -0.1) is 0 Å². The quantitative estimate of drug-likeness (QED) is 0.587. The minimum Gasteiger partial charge on any atom is -0.487 e. The van der Waals surface area contributed by atoms with Gasteiger partial charge in [0.15, 0.2) is 3.79 Å². The van der Waals surface area contributed by atoms with Gasteiger partial charge in [-0.05, 0) is 54.6 Å². The van der Waals surface area contributed by atoms with Gasteiger partial charge in [-0.1, -0.05) is 18.2 Å². The van der Waals surface area contributed by atoms with Crippen LogP contribution in [0.1, 0.15) is 37.4 Å². The van der Waals surface area contributed by atoms with Gasteiger partial charge in [0.2, 0.25) is 0 Å². The molecule has 1 heterocycles. The van der Waals surface area contributed by atoms with Crippen LogP contribution in [0, 0.1) is 0 Å². The molecule has 3 rings (SSSR count). The van der Waals surface area contributed by atoms with Crippen LogP contribution in [-0.2, 0) is 4.79 Å². The van der Waals surface area contributed by atoms with Crippen molar-refractivity contribution in [3.05, 3.63) is 53.6 Å². The van der Waals surface area contributed by atoms with Crippen LogP contribution in [-0.4, -0.2) is 9.39 Å². The van der Waals surface area contributed by atoms with E-state index in [1.807, 2.05) is 56.3 Å². The lowest BCUT2D eigenvalue weighted by Gasteiger charge is -2.28. The first kappa shape index (κ1) is 16.3. The Hall–Kier alpha value is -1.60. The summed E-state index contributed by atoms with van der Waals surface area (Å²) in [7, 11) is 0. The molecule has 2 N–H and O–H groups in total. The third-order valence-corrected chi connectivity index (χ3v) is 4.13. The molecule has 1 unspecified atom stereocenters. The first-order chi connectivity index (χ1) is 10.9. The number of carbonyl (C=O) groups is 1. The summed E-state index contributed by atoms with van der Waals surface area (Å²) >= 11 is 1.79. The highest BCUT2D eigenvalue weighted by molar-refractivity contribution is 14.1. The zero-order valence-corrected chi connectivity index (χ0v) is 15.2. The number of hydrogen-bond donors (Lipinski definition) is 1. The van der Waals surface area contributed by atoms with Gasteiger partial charge in [-0.2, -0.15) is 0 Å². The fraction of sp³-hybridized carbons (Fsp3) is 0.278. The predicted octanol–water partition coefficient (Wildman–Crippen LogP) is 4.35. The SMILES string of the molecule is CC(C)(CC(=O)I)Oc1ccc2c(c1)Oc1ccccc1C2N. The fourth-order valence-electron chi connectivity index (χ4n) is 2.73. The van der Waals surface area contributed by atoms with Crippen molar-refractivity contribution in [3.63, 3.8) is 0 Å². The van der Waals surface area contributed by atoms with Gasteiger partial charge < -0.3 is 15.2 Å². The fourth-order valence-corrected chi connectivity index (χ4v) is 3.65. The van der Waals surface area contributed by atoms with Gasteiger partial charge in [0.1, 0.15) is 22.8 Å². The summed E-state index contributed by atoms with van der Waals surface area (Å²) in [6, 6.07) is 13.2. The van der Waals surface area contributed by atoms with Crippen molar-refractivity contribution in [1.29, 1.82) is 0 Å². The highest BCUT2D eigenvalue weighted by Crippen LogP contribution is 2.43. The van der Waals surface area contributed by atoms with E-state index >= 15 is 0 Å². The van der Waals surface area contributed by atoms with E-state index in [1.165, 1.54) is 0 Å². The average molecular weight is 423 g/mol. The minimum atomic E-state index is -0.568. The van der Waals surface area contributed by atoms with Crippen molar-refractivity contribution in [3.8, 4) is 17.2 Å². The summed E-state index contributed by atoms with van der Waals surface area (Å²) in [4.78, 5) is 11.3. The van der Waals surface area contributed by atoms with Crippen molar-refractivity contribution in [2.75, 3.05) is 0 Å². The smallest absolute Gasteiger partial charge is 0.196 e. The molecule has 0 bridgehead atoms. The van der Waals surface area contributed by atoms with Gasteiger partial charge in [0, 0.05) is 17.2 Å². The summed E-state index contributed by atoms with van der Waals surface area (Å²) in [6.07, 6.45) is 0.341. The lowest BCUT2D eigenvalue weighted by atomic mass is 9.95. The first-order valence-corrected chi connectivity index (χ1v) is 8.47. The highest BCUT2D eigenvalue weighted by Gasteiger charge is 2.27. The molecule has 5 heteroatoms. The van der Waals surface area contributed by atoms with E-state index in [1.54, 1.807) is 22.6 Å². The van der Waals surface area contributed by atoms with Gasteiger partial charge in [-0.3, -0.25) is 4.79 Å². The summed E-state index contributed by atoms with van der Waals surface area (Å²) in [5.74, 6) is 2.13. The van der Waals surface area contributed by atoms with Crippen LogP contribution >= 0.6 is 22.6 Å². The van der Waals surface area contributed by atoms with Crippen LogP contribution in [0.2, 0.25) is 0 Å². The number of halogens is 1. The Balaban J connectivity index is 1.88. The average Bonchev–Trinajstić information content (AvgIpc) is 2.45. The Morgan fingerprint density at radius 2 is 1.91 bits per heavy atom. The van der Waals surface area contributed by atoms with E-state index in [2.05, 4.69) is 0 Å². The Labute approximate surface area is 149 Å². The minimum absolute atomic E-state index is 0.0674. The van der Waals surface area contributed by atoms with E-state index in [0.717, 1.165) is 16.9 Å². The molecule has 0 radical (unpaired) electrons. The number of hydrogen-bond acceptors (Lipinski definition) is 4. The van der Waals surface area contributed by atoms with Crippen molar-refractivity contribution in [2.45, 2.75) is 31.9 Å². The number of para-hydroxylation sites is 1. The zero-order chi connectivity index (χ0) is 16.6. The van der Waals surface area contributed by atoms with Gasteiger partial charge >= 0.3 is 0 Å². The summed E-state index contributed by atoms with van der Waals surface area (Å²) in [5.41, 5.74) is 7.67. The molecule has 0 spiro atoms. The molecule has 0 aromatic heterocycles. The van der Waals surface area contributed by atoms with E-state index in [0.29, 0.717) is 17.9 Å². The van der Waals surface area contributed by atoms with Crippen molar-refractivity contribution < 1.29 is 14.3 Å². The number of fused-ring (bicyclic) bond motifs is 2. The van der Waals surface area contributed by atoms with Crippen LogP contribution in [0.25, 0.3) is 0 Å². The number of nitrogens with two attached hydrogens (primary N) is 1. The van der Waals surface area contributed by atoms with Crippen molar-refractivity contribution >= 4 is 26.4 Å². The van der Waals surface area contributed by atoms with Crippen LogP contribution in [0.5, 0.6) is 17.2 Å². The monoisotopic (exact) mass is 423 g/mol. The summed E-state index contributed by atoms with van der Waals surface area (Å²) < 4.78 is 12.0.